The maximum Gasteiger partial charge on any atom is 0.267 e. The van der Waals surface area contributed by atoms with Crippen molar-refractivity contribution in [2.24, 2.45) is 5.73 Å². The summed E-state index contributed by atoms with van der Waals surface area (Å²) in [6.45, 7) is -0.675. The molecule has 1 amide bonds. The number of halogens is 4. The number of nitrogens with zero attached hydrogens (tertiary/aromatic N) is 2. The Hall–Kier alpha value is -1.02. The van der Waals surface area contributed by atoms with Crippen LogP contribution in [0, 0.1) is 0 Å². The second kappa shape index (κ2) is 7.84. The number of aliphatic hydroxyl groups excluding tert-OH is 1. The summed E-state index contributed by atoms with van der Waals surface area (Å²) in [5, 5.41) is 9.96. The van der Waals surface area contributed by atoms with Crippen LogP contribution in [-0.4, -0.2) is 46.0 Å². The monoisotopic (exact) mass is 343 g/mol. The van der Waals surface area contributed by atoms with Gasteiger partial charge in [-0.2, -0.15) is 0 Å². The number of pyridine rings is 1. The molecule has 5 nitrogen and oxygen atoms in total. The van der Waals surface area contributed by atoms with Gasteiger partial charge in [0.25, 0.3) is 5.92 Å². The molecular weight excluding hydrogens is 327 g/mol. The number of rotatable bonds is 3. The van der Waals surface area contributed by atoms with Crippen LogP contribution in [0.5, 0.6) is 0 Å². The SMILES string of the molecule is Cl.Cl.N[C@@H](C(=O)N1CCC(F)(F)C1)[C@@H](O)c1ccncc1. The lowest BCUT2D eigenvalue weighted by Gasteiger charge is -2.24. The zero-order chi connectivity index (χ0) is 14.0. The predicted molar refractivity (Wildman–Crippen MR) is 77.8 cm³/mol. The van der Waals surface area contributed by atoms with E-state index in [1.807, 2.05) is 0 Å². The maximum absolute atomic E-state index is 13.0. The highest BCUT2D eigenvalue weighted by molar-refractivity contribution is 5.85. The normalized spacial score (nSPS) is 19.1. The summed E-state index contributed by atoms with van der Waals surface area (Å²) in [7, 11) is 0. The van der Waals surface area contributed by atoms with Crippen LogP contribution in [-0.2, 0) is 4.79 Å². The van der Waals surface area contributed by atoms with Crippen LogP contribution in [0.3, 0.4) is 0 Å². The Morgan fingerprint density at radius 1 is 1.38 bits per heavy atom. The molecule has 21 heavy (non-hydrogen) atoms. The van der Waals surface area contributed by atoms with E-state index in [9.17, 15) is 18.7 Å². The summed E-state index contributed by atoms with van der Waals surface area (Å²) in [5.74, 6) is -3.53. The predicted octanol–water partition coefficient (Wildman–Crippen LogP) is 1.15. The van der Waals surface area contributed by atoms with E-state index in [4.69, 9.17) is 5.73 Å². The molecule has 2 atom stereocenters. The lowest BCUT2D eigenvalue weighted by molar-refractivity contribution is -0.135. The number of amides is 1. The van der Waals surface area contributed by atoms with Crippen LogP contribution in [0.1, 0.15) is 18.1 Å². The first-order chi connectivity index (χ1) is 8.91. The van der Waals surface area contributed by atoms with E-state index in [1.165, 1.54) is 24.5 Å². The highest BCUT2D eigenvalue weighted by Crippen LogP contribution is 2.28. The molecule has 1 fully saturated rings. The number of hydrogen-bond donors (Lipinski definition) is 2. The maximum atomic E-state index is 13.0. The molecule has 0 aromatic carbocycles. The standard InChI is InChI=1S/C12H15F2N3O2.2ClH/c13-12(14)3-6-17(7-12)11(19)9(15)10(18)8-1-4-16-5-2-8;;/h1-2,4-5,9-10,18H,3,6-7,15H2;2*1H/t9-,10+;;/m1../s1. The first kappa shape index (κ1) is 20.0. The lowest BCUT2D eigenvalue weighted by atomic mass is 10.0. The number of likely N-dealkylation sites (tertiary alicyclic amines) is 1. The second-order valence-corrected chi connectivity index (χ2v) is 4.62. The Kier molecular flexibility index (Phi) is 7.46. The van der Waals surface area contributed by atoms with Crippen molar-refractivity contribution >= 4 is 30.7 Å². The fourth-order valence-electron chi connectivity index (χ4n) is 2.04. The van der Waals surface area contributed by atoms with E-state index >= 15 is 0 Å². The highest BCUT2D eigenvalue weighted by atomic mass is 35.5. The average Bonchev–Trinajstić information content (AvgIpc) is 2.77. The minimum Gasteiger partial charge on any atom is -0.386 e. The Labute approximate surface area is 133 Å². The van der Waals surface area contributed by atoms with Gasteiger partial charge in [0, 0.05) is 25.4 Å². The number of nitrogens with two attached hydrogens (primary N) is 1. The van der Waals surface area contributed by atoms with Crippen molar-refractivity contribution in [3.8, 4) is 0 Å². The van der Waals surface area contributed by atoms with Crippen molar-refractivity contribution in [1.29, 1.82) is 0 Å². The lowest BCUT2D eigenvalue weighted by Crippen LogP contribution is -2.46. The van der Waals surface area contributed by atoms with Gasteiger partial charge >= 0.3 is 0 Å². The van der Waals surface area contributed by atoms with Gasteiger partial charge in [0.1, 0.15) is 12.1 Å². The van der Waals surface area contributed by atoms with Crippen molar-refractivity contribution < 1.29 is 18.7 Å². The molecule has 1 aromatic rings. The quantitative estimate of drug-likeness (QED) is 0.862. The fourth-order valence-corrected chi connectivity index (χ4v) is 2.04. The second-order valence-electron chi connectivity index (χ2n) is 4.62. The minimum atomic E-state index is -2.86. The zero-order valence-corrected chi connectivity index (χ0v) is 12.6. The van der Waals surface area contributed by atoms with E-state index in [-0.39, 0.29) is 37.8 Å². The van der Waals surface area contributed by atoms with E-state index < -0.39 is 30.5 Å². The molecule has 2 rings (SSSR count). The Morgan fingerprint density at radius 2 is 1.95 bits per heavy atom. The molecule has 1 aromatic heterocycles. The Bertz CT molecular complexity index is 465. The van der Waals surface area contributed by atoms with Gasteiger partial charge in [-0.15, -0.1) is 24.8 Å². The number of aromatic nitrogens is 1. The molecule has 0 spiro atoms. The van der Waals surface area contributed by atoms with Gasteiger partial charge in [0.05, 0.1) is 6.54 Å². The van der Waals surface area contributed by atoms with Crippen LogP contribution < -0.4 is 5.73 Å². The summed E-state index contributed by atoms with van der Waals surface area (Å²) >= 11 is 0. The third-order valence-electron chi connectivity index (χ3n) is 3.15. The molecule has 1 aliphatic rings. The summed E-state index contributed by atoms with van der Waals surface area (Å²) in [6, 6.07) is 1.79. The van der Waals surface area contributed by atoms with Gasteiger partial charge in [0.15, 0.2) is 0 Å². The van der Waals surface area contributed by atoms with Crippen LogP contribution in [0.4, 0.5) is 8.78 Å². The summed E-state index contributed by atoms with van der Waals surface area (Å²) < 4.78 is 26.1. The summed E-state index contributed by atoms with van der Waals surface area (Å²) in [4.78, 5) is 16.7. The molecule has 1 aliphatic heterocycles. The number of alkyl halides is 2. The van der Waals surface area contributed by atoms with E-state index in [0.29, 0.717) is 5.56 Å². The van der Waals surface area contributed by atoms with E-state index in [1.54, 1.807) is 0 Å². The first-order valence-corrected chi connectivity index (χ1v) is 5.91. The molecule has 1 saturated heterocycles. The van der Waals surface area contributed by atoms with Crippen molar-refractivity contribution in [2.75, 3.05) is 13.1 Å². The van der Waals surface area contributed by atoms with Gasteiger partial charge in [-0.25, -0.2) is 8.78 Å². The first-order valence-electron chi connectivity index (χ1n) is 5.91. The fraction of sp³-hybridized carbons (Fsp3) is 0.500. The largest absolute Gasteiger partial charge is 0.386 e. The number of aliphatic hydroxyl groups is 1. The Morgan fingerprint density at radius 3 is 2.43 bits per heavy atom. The van der Waals surface area contributed by atoms with Crippen molar-refractivity contribution in [1.82, 2.24) is 9.88 Å². The molecule has 0 radical (unpaired) electrons. The third-order valence-corrected chi connectivity index (χ3v) is 3.15. The molecule has 0 aliphatic carbocycles. The molecule has 0 unspecified atom stereocenters. The van der Waals surface area contributed by atoms with Gasteiger partial charge in [0.2, 0.25) is 5.91 Å². The van der Waals surface area contributed by atoms with Crippen molar-refractivity contribution in [3.05, 3.63) is 30.1 Å². The van der Waals surface area contributed by atoms with Crippen molar-refractivity contribution in [3.63, 3.8) is 0 Å². The van der Waals surface area contributed by atoms with Gasteiger partial charge < -0.3 is 15.7 Å². The van der Waals surface area contributed by atoms with Crippen LogP contribution in [0.2, 0.25) is 0 Å². The molecular formula is C12H17Cl2F2N3O2. The average molecular weight is 344 g/mol. The minimum absolute atomic E-state index is 0. The molecule has 3 N–H and O–H groups in total. The number of carbonyl (C=O) groups is 1. The van der Waals surface area contributed by atoms with Crippen LogP contribution >= 0.6 is 24.8 Å². The number of hydrogen-bond acceptors (Lipinski definition) is 4. The molecule has 0 saturated carbocycles. The topological polar surface area (TPSA) is 79.5 Å². The molecule has 9 heteroatoms. The molecule has 2 heterocycles. The smallest absolute Gasteiger partial charge is 0.267 e. The van der Waals surface area contributed by atoms with Crippen LogP contribution in [0.25, 0.3) is 0 Å². The molecule has 120 valence electrons. The van der Waals surface area contributed by atoms with Crippen molar-refractivity contribution in [2.45, 2.75) is 24.5 Å². The molecule has 0 bridgehead atoms. The Balaban J connectivity index is 0.00000200. The van der Waals surface area contributed by atoms with E-state index in [0.717, 1.165) is 4.90 Å². The van der Waals surface area contributed by atoms with E-state index in [2.05, 4.69) is 4.98 Å². The van der Waals surface area contributed by atoms with Gasteiger partial charge in [-0.3, -0.25) is 9.78 Å². The zero-order valence-electron chi connectivity index (χ0n) is 11.0. The van der Waals surface area contributed by atoms with Gasteiger partial charge in [-0.05, 0) is 17.7 Å². The summed E-state index contributed by atoms with van der Waals surface area (Å²) in [6.07, 6.45) is 1.32. The third kappa shape index (κ3) is 4.74. The highest BCUT2D eigenvalue weighted by Gasteiger charge is 2.42. The van der Waals surface area contributed by atoms with Gasteiger partial charge in [-0.1, -0.05) is 0 Å². The number of carbonyl (C=O) groups excluding carboxylic acids is 1. The van der Waals surface area contributed by atoms with Crippen LogP contribution in [0.15, 0.2) is 24.5 Å². The summed E-state index contributed by atoms with van der Waals surface area (Å²) in [5.41, 5.74) is 6.09.